The lowest BCUT2D eigenvalue weighted by molar-refractivity contribution is 0.0697. The van der Waals surface area contributed by atoms with Crippen LogP contribution in [0, 0.1) is 0 Å². The first-order chi connectivity index (χ1) is 16.1. The summed E-state index contributed by atoms with van der Waals surface area (Å²) < 4.78 is 11.5. The van der Waals surface area contributed by atoms with Gasteiger partial charge in [-0.2, -0.15) is 0 Å². The first kappa shape index (κ1) is 21.6. The second kappa shape index (κ2) is 10.2. The van der Waals surface area contributed by atoms with Crippen molar-refractivity contribution in [1.29, 1.82) is 0 Å². The fourth-order valence-electron chi connectivity index (χ4n) is 3.16. The molecule has 0 fully saturated rings. The molecule has 6 heteroatoms. The summed E-state index contributed by atoms with van der Waals surface area (Å²) >= 11 is 0. The Hall–Kier alpha value is -4.58. The van der Waals surface area contributed by atoms with E-state index in [1.54, 1.807) is 30.3 Å². The van der Waals surface area contributed by atoms with Crippen LogP contribution in [0.2, 0.25) is 0 Å². The zero-order valence-corrected chi connectivity index (χ0v) is 17.6. The summed E-state index contributed by atoms with van der Waals surface area (Å²) in [6.45, 7) is 0.305. The molecule has 0 heterocycles. The van der Waals surface area contributed by atoms with E-state index >= 15 is 0 Å². The van der Waals surface area contributed by atoms with E-state index in [-0.39, 0.29) is 11.3 Å². The Morgan fingerprint density at radius 3 is 2.15 bits per heavy atom. The van der Waals surface area contributed by atoms with Crippen LogP contribution < -0.4 is 14.8 Å². The van der Waals surface area contributed by atoms with Gasteiger partial charge < -0.3 is 19.9 Å². The lowest BCUT2D eigenvalue weighted by Gasteiger charge is -2.12. The molecule has 164 valence electrons. The van der Waals surface area contributed by atoms with Gasteiger partial charge in [0.05, 0.1) is 11.3 Å². The number of para-hydroxylation sites is 1. The van der Waals surface area contributed by atoms with Gasteiger partial charge in [0.15, 0.2) is 0 Å². The number of rotatable bonds is 8. The highest BCUT2D eigenvalue weighted by Crippen LogP contribution is 2.25. The van der Waals surface area contributed by atoms with E-state index in [0.29, 0.717) is 29.4 Å². The fourth-order valence-corrected chi connectivity index (χ4v) is 3.16. The summed E-state index contributed by atoms with van der Waals surface area (Å²) in [7, 11) is 0. The van der Waals surface area contributed by atoms with Crippen LogP contribution in [0.15, 0.2) is 103 Å². The van der Waals surface area contributed by atoms with Crippen LogP contribution >= 0.6 is 0 Å². The van der Waals surface area contributed by atoms with Gasteiger partial charge in [-0.05, 0) is 54.1 Å². The molecule has 33 heavy (non-hydrogen) atoms. The van der Waals surface area contributed by atoms with Crippen molar-refractivity contribution in [3.63, 3.8) is 0 Å². The lowest BCUT2D eigenvalue weighted by Crippen LogP contribution is -2.15. The topological polar surface area (TPSA) is 84.9 Å². The van der Waals surface area contributed by atoms with Crippen LogP contribution in [-0.4, -0.2) is 17.0 Å². The first-order valence-electron chi connectivity index (χ1n) is 10.3. The molecular weight excluding hydrogens is 418 g/mol. The predicted molar refractivity (Wildman–Crippen MR) is 125 cm³/mol. The van der Waals surface area contributed by atoms with Crippen molar-refractivity contribution in [3.8, 4) is 17.2 Å². The number of carbonyl (C=O) groups excluding carboxylic acids is 1. The monoisotopic (exact) mass is 439 g/mol. The van der Waals surface area contributed by atoms with Gasteiger partial charge >= 0.3 is 5.97 Å². The molecule has 0 saturated carbocycles. The van der Waals surface area contributed by atoms with Crippen molar-refractivity contribution in [3.05, 3.63) is 120 Å². The number of carbonyl (C=O) groups is 2. The largest absolute Gasteiger partial charge is 0.489 e. The van der Waals surface area contributed by atoms with Gasteiger partial charge in [-0.15, -0.1) is 0 Å². The third kappa shape index (κ3) is 5.77. The van der Waals surface area contributed by atoms with Crippen molar-refractivity contribution < 1.29 is 24.2 Å². The van der Waals surface area contributed by atoms with Crippen LogP contribution in [0.3, 0.4) is 0 Å². The maximum Gasteiger partial charge on any atom is 0.337 e. The summed E-state index contributed by atoms with van der Waals surface area (Å²) in [5.74, 6) is -0.0793. The Morgan fingerprint density at radius 2 is 1.42 bits per heavy atom. The Bertz CT molecular complexity index is 1260. The first-order valence-corrected chi connectivity index (χ1v) is 10.3. The highest BCUT2D eigenvalue weighted by molar-refractivity contribution is 6.08. The second-order valence-electron chi connectivity index (χ2n) is 7.18. The maximum atomic E-state index is 12.8. The minimum Gasteiger partial charge on any atom is -0.489 e. The SMILES string of the molecule is O=C(Nc1ccc(OCc2ccccc2)cc1C(=O)O)c1cccc(Oc2ccccc2)c1. The van der Waals surface area contributed by atoms with E-state index in [0.717, 1.165) is 5.56 Å². The highest BCUT2D eigenvalue weighted by Gasteiger charge is 2.16. The van der Waals surface area contributed by atoms with Gasteiger partial charge in [-0.1, -0.05) is 54.6 Å². The number of ether oxygens (including phenoxy) is 2. The van der Waals surface area contributed by atoms with E-state index in [1.807, 2.05) is 60.7 Å². The molecule has 0 saturated heterocycles. The molecule has 2 N–H and O–H groups in total. The number of hydrogen-bond donors (Lipinski definition) is 2. The molecule has 1 amide bonds. The van der Waals surface area contributed by atoms with Gasteiger partial charge in [0, 0.05) is 5.56 Å². The van der Waals surface area contributed by atoms with E-state index in [2.05, 4.69) is 5.32 Å². The average molecular weight is 439 g/mol. The fraction of sp³-hybridized carbons (Fsp3) is 0.0370. The standard InChI is InChI=1S/C27H21NO5/c29-26(20-10-7-13-23(16-20)33-21-11-5-2-6-12-21)28-25-15-14-22(17-24(25)27(30)31)32-18-19-8-3-1-4-9-19/h1-17H,18H2,(H,28,29)(H,30,31). The summed E-state index contributed by atoms with van der Waals surface area (Å²) in [4.78, 5) is 24.6. The van der Waals surface area contributed by atoms with Gasteiger partial charge in [0.1, 0.15) is 23.9 Å². The van der Waals surface area contributed by atoms with Crippen molar-refractivity contribution in [2.45, 2.75) is 6.61 Å². The van der Waals surface area contributed by atoms with Crippen molar-refractivity contribution in [2.75, 3.05) is 5.32 Å². The zero-order valence-electron chi connectivity index (χ0n) is 17.6. The third-order valence-electron chi connectivity index (χ3n) is 4.79. The van der Waals surface area contributed by atoms with Gasteiger partial charge in [-0.3, -0.25) is 4.79 Å². The molecular formula is C27H21NO5. The zero-order chi connectivity index (χ0) is 23.0. The van der Waals surface area contributed by atoms with Crippen LogP contribution in [0.1, 0.15) is 26.3 Å². The molecule has 0 spiro atoms. The molecule has 4 rings (SSSR count). The van der Waals surface area contributed by atoms with Gasteiger partial charge in [0.2, 0.25) is 0 Å². The quantitative estimate of drug-likeness (QED) is 0.351. The summed E-state index contributed by atoms with van der Waals surface area (Å²) in [6, 6.07) is 30.0. The highest BCUT2D eigenvalue weighted by atomic mass is 16.5. The van der Waals surface area contributed by atoms with Crippen LogP contribution in [0.5, 0.6) is 17.2 Å². The Kier molecular flexibility index (Phi) is 6.66. The van der Waals surface area contributed by atoms with Crippen LogP contribution in [0.4, 0.5) is 5.69 Å². The van der Waals surface area contributed by atoms with E-state index < -0.39 is 11.9 Å². The molecule has 0 radical (unpaired) electrons. The number of nitrogens with one attached hydrogen (secondary N) is 1. The van der Waals surface area contributed by atoms with E-state index in [1.165, 1.54) is 12.1 Å². The summed E-state index contributed by atoms with van der Waals surface area (Å²) in [5.41, 5.74) is 1.41. The molecule has 0 aliphatic carbocycles. The van der Waals surface area contributed by atoms with Crippen molar-refractivity contribution in [2.24, 2.45) is 0 Å². The average Bonchev–Trinajstić information content (AvgIpc) is 2.84. The van der Waals surface area contributed by atoms with E-state index in [4.69, 9.17) is 9.47 Å². The molecule has 6 nitrogen and oxygen atoms in total. The molecule has 4 aromatic carbocycles. The number of amides is 1. The minimum absolute atomic E-state index is 0.0643. The van der Waals surface area contributed by atoms with Crippen LogP contribution in [-0.2, 0) is 6.61 Å². The molecule has 0 unspecified atom stereocenters. The smallest absolute Gasteiger partial charge is 0.337 e. The van der Waals surface area contributed by atoms with Gasteiger partial charge in [0.25, 0.3) is 5.91 Å². The Morgan fingerprint density at radius 1 is 0.727 bits per heavy atom. The number of aromatic carboxylic acids is 1. The number of benzene rings is 4. The number of anilines is 1. The molecule has 0 aliphatic rings. The molecule has 0 aliphatic heterocycles. The Labute approximate surface area is 191 Å². The number of carboxylic acids is 1. The van der Waals surface area contributed by atoms with Crippen molar-refractivity contribution in [1.82, 2.24) is 0 Å². The van der Waals surface area contributed by atoms with Crippen LogP contribution in [0.25, 0.3) is 0 Å². The number of carboxylic acid groups (broad SMARTS) is 1. The van der Waals surface area contributed by atoms with Crippen molar-refractivity contribution >= 4 is 17.6 Å². The predicted octanol–water partition coefficient (Wildman–Crippen LogP) is 6.01. The van der Waals surface area contributed by atoms with Gasteiger partial charge in [-0.25, -0.2) is 4.79 Å². The third-order valence-corrected chi connectivity index (χ3v) is 4.79. The Balaban J connectivity index is 1.48. The molecule has 0 bridgehead atoms. The lowest BCUT2D eigenvalue weighted by atomic mass is 10.1. The molecule has 4 aromatic rings. The number of hydrogen-bond acceptors (Lipinski definition) is 4. The summed E-state index contributed by atoms with van der Waals surface area (Å²) in [6.07, 6.45) is 0. The maximum absolute atomic E-state index is 12.8. The normalized spacial score (nSPS) is 10.3. The molecule has 0 aromatic heterocycles. The molecule has 0 atom stereocenters. The van der Waals surface area contributed by atoms with E-state index in [9.17, 15) is 14.7 Å². The summed E-state index contributed by atoms with van der Waals surface area (Å²) in [5, 5.41) is 12.3. The minimum atomic E-state index is -1.17. The second-order valence-corrected chi connectivity index (χ2v) is 7.18.